The van der Waals surface area contributed by atoms with E-state index in [1.54, 1.807) is 13.0 Å². The fourth-order valence-electron chi connectivity index (χ4n) is 2.20. The molecule has 2 rings (SSSR count). The van der Waals surface area contributed by atoms with Gasteiger partial charge in [-0.25, -0.2) is 0 Å². The number of benzene rings is 1. The minimum Gasteiger partial charge on any atom is -0.372 e. The summed E-state index contributed by atoms with van der Waals surface area (Å²) < 4.78 is 44.0. The third-order valence-corrected chi connectivity index (χ3v) is 3.40. The highest BCUT2D eigenvalue weighted by molar-refractivity contribution is 5.78. The van der Waals surface area contributed by atoms with Gasteiger partial charge in [-0.05, 0) is 31.4 Å². The van der Waals surface area contributed by atoms with E-state index >= 15 is 0 Å². The van der Waals surface area contributed by atoms with Crippen molar-refractivity contribution in [1.82, 2.24) is 4.90 Å². The van der Waals surface area contributed by atoms with Crippen molar-refractivity contribution in [1.29, 1.82) is 0 Å². The summed E-state index contributed by atoms with van der Waals surface area (Å²) in [4.78, 5) is 13.6. The summed E-state index contributed by atoms with van der Waals surface area (Å²) in [5, 5.41) is 0. The standard InChI is InChI=1S/C15H18F3NO2/c1-2-21-10-14(20)19(12-7-8-12)9-11-5-3-4-6-13(11)15(16,17)18/h3-6,12H,2,7-10H2,1H3. The van der Waals surface area contributed by atoms with E-state index in [2.05, 4.69) is 0 Å². The molecule has 0 aliphatic heterocycles. The van der Waals surface area contributed by atoms with Crippen LogP contribution in [0.2, 0.25) is 0 Å². The summed E-state index contributed by atoms with van der Waals surface area (Å²) in [6.45, 7) is 2.07. The zero-order chi connectivity index (χ0) is 15.5. The van der Waals surface area contributed by atoms with Crippen molar-refractivity contribution < 1.29 is 22.7 Å². The van der Waals surface area contributed by atoms with E-state index in [-0.39, 0.29) is 30.7 Å². The van der Waals surface area contributed by atoms with E-state index < -0.39 is 11.7 Å². The SMILES string of the molecule is CCOCC(=O)N(Cc1ccccc1C(F)(F)F)C1CC1. The third kappa shape index (κ3) is 4.20. The van der Waals surface area contributed by atoms with Crippen LogP contribution in [-0.2, 0) is 22.3 Å². The van der Waals surface area contributed by atoms with Crippen molar-refractivity contribution in [2.45, 2.75) is 38.5 Å². The maximum atomic E-state index is 13.0. The number of nitrogens with zero attached hydrogens (tertiary/aromatic N) is 1. The molecule has 116 valence electrons. The molecular weight excluding hydrogens is 283 g/mol. The van der Waals surface area contributed by atoms with Gasteiger partial charge in [-0.2, -0.15) is 13.2 Å². The molecule has 1 aliphatic carbocycles. The molecule has 1 aromatic carbocycles. The molecule has 0 radical (unpaired) electrons. The van der Waals surface area contributed by atoms with Crippen LogP contribution in [0.25, 0.3) is 0 Å². The molecule has 0 atom stereocenters. The largest absolute Gasteiger partial charge is 0.416 e. The highest BCUT2D eigenvalue weighted by Crippen LogP contribution is 2.34. The van der Waals surface area contributed by atoms with Gasteiger partial charge in [-0.15, -0.1) is 0 Å². The summed E-state index contributed by atoms with van der Waals surface area (Å²) >= 11 is 0. The predicted octanol–water partition coefficient (Wildman–Crippen LogP) is 3.23. The lowest BCUT2D eigenvalue weighted by Crippen LogP contribution is -2.36. The number of carbonyl (C=O) groups is 1. The van der Waals surface area contributed by atoms with Gasteiger partial charge in [0.25, 0.3) is 0 Å². The molecule has 1 fully saturated rings. The van der Waals surface area contributed by atoms with E-state index in [1.165, 1.54) is 17.0 Å². The molecule has 6 heteroatoms. The first-order valence-corrected chi connectivity index (χ1v) is 6.95. The lowest BCUT2D eigenvalue weighted by molar-refractivity contribution is -0.141. The van der Waals surface area contributed by atoms with Crippen molar-refractivity contribution in [2.75, 3.05) is 13.2 Å². The third-order valence-electron chi connectivity index (χ3n) is 3.40. The molecule has 0 N–H and O–H groups in total. The topological polar surface area (TPSA) is 29.5 Å². The molecule has 0 heterocycles. The zero-order valence-electron chi connectivity index (χ0n) is 11.8. The molecule has 1 saturated carbocycles. The Labute approximate surface area is 121 Å². The van der Waals surface area contributed by atoms with E-state index in [1.807, 2.05) is 0 Å². The molecular formula is C15H18F3NO2. The quantitative estimate of drug-likeness (QED) is 0.807. The van der Waals surface area contributed by atoms with Gasteiger partial charge < -0.3 is 9.64 Å². The second-order valence-electron chi connectivity index (χ2n) is 5.04. The van der Waals surface area contributed by atoms with Gasteiger partial charge in [-0.3, -0.25) is 4.79 Å². The number of carbonyl (C=O) groups excluding carboxylic acids is 1. The lowest BCUT2D eigenvalue weighted by atomic mass is 10.1. The van der Waals surface area contributed by atoms with Crippen molar-refractivity contribution >= 4 is 5.91 Å². The molecule has 0 saturated heterocycles. The first-order valence-electron chi connectivity index (χ1n) is 6.95. The maximum absolute atomic E-state index is 13.0. The molecule has 0 aromatic heterocycles. The Balaban J connectivity index is 2.16. The molecule has 0 bridgehead atoms. The summed E-state index contributed by atoms with van der Waals surface area (Å²) in [6.07, 6.45) is -2.73. The minimum atomic E-state index is -4.41. The lowest BCUT2D eigenvalue weighted by Gasteiger charge is -2.24. The van der Waals surface area contributed by atoms with E-state index in [0.717, 1.165) is 18.9 Å². The van der Waals surface area contributed by atoms with Gasteiger partial charge in [-0.1, -0.05) is 18.2 Å². The Morgan fingerprint density at radius 1 is 1.33 bits per heavy atom. The van der Waals surface area contributed by atoms with Gasteiger partial charge in [0.15, 0.2) is 0 Å². The van der Waals surface area contributed by atoms with Crippen molar-refractivity contribution in [3.05, 3.63) is 35.4 Å². The van der Waals surface area contributed by atoms with E-state index in [9.17, 15) is 18.0 Å². The monoisotopic (exact) mass is 301 g/mol. The van der Waals surface area contributed by atoms with Crippen LogP contribution >= 0.6 is 0 Å². The number of amides is 1. The Kier molecular flexibility index (Phi) is 4.88. The van der Waals surface area contributed by atoms with Crippen molar-refractivity contribution in [3.63, 3.8) is 0 Å². The summed E-state index contributed by atoms with van der Waals surface area (Å²) in [7, 11) is 0. The molecule has 1 amide bonds. The zero-order valence-corrected chi connectivity index (χ0v) is 11.8. The van der Waals surface area contributed by atoms with Crippen LogP contribution in [0.4, 0.5) is 13.2 Å². The number of rotatable bonds is 6. The Bertz CT molecular complexity index is 498. The second kappa shape index (κ2) is 6.47. The minimum absolute atomic E-state index is 0.0216. The molecule has 1 aromatic rings. The summed E-state index contributed by atoms with van der Waals surface area (Å²) in [5.41, 5.74) is -0.554. The highest BCUT2D eigenvalue weighted by atomic mass is 19.4. The number of hydrogen-bond donors (Lipinski definition) is 0. The predicted molar refractivity (Wildman–Crippen MR) is 71.5 cm³/mol. The van der Waals surface area contributed by atoms with Gasteiger partial charge in [0, 0.05) is 19.2 Å². The fraction of sp³-hybridized carbons (Fsp3) is 0.533. The summed E-state index contributed by atoms with van der Waals surface area (Å²) in [5.74, 6) is -0.253. The number of alkyl halides is 3. The number of ether oxygens (including phenoxy) is 1. The van der Waals surface area contributed by atoms with Gasteiger partial charge in [0.2, 0.25) is 5.91 Å². The molecule has 3 nitrogen and oxygen atoms in total. The van der Waals surface area contributed by atoms with Crippen LogP contribution in [0.15, 0.2) is 24.3 Å². The van der Waals surface area contributed by atoms with Crippen molar-refractivity contribution in [2.24, 2.45) is 0 Å². The van der Waals surface area contributed by atoms with Crippen LogP contribution in [0.5, 0.6) is 0 Å². The Morgan fingerprint density at radius 2 is 2.00 bits per heavy atom. The average molecular weight is 301 g/mol. The number of hydrogen-bond acceptors (Lipinski definition) is 2. The maximum Gasteiger partial charge on any atom is 0.416 e. The number of halogens is 3. The van der Waals surface area contributed by atoms with Crippen LogP contribution in [0, 0.1) is 0 Å². The van der Waals surface area contributed by atoms with Crippen LogP contribution in [0.3, 0.4) is 0 Å². The first-order chi connectivity index (χ1) is 9.93. The highest BCUT2D eigenvalue weighted by Gasteiger charge is 2.36. The normalized spacial score (nSPS) is 15.0. The fourth-order valence-corrected chi connectivity index (χ4v) is 2.20. The van der Waals surface area contributed by atoms with Crippen LogP contribution < -0.4 is 0 Å². The van der Waals surface area contributed by atoms with E-state index in [4.69, 9.17) is 4.74 Å². The molecule has 1 aliphatic rings. The molecule has 0 spiro atoms. The van der Waals surface area contributed by atoms with Crippen LogP contribution in [-0.4, -0.2) is 30.1 Å². The smallest absolute Gasteiger partial charge is 0.372 e. The van der Waals surface area contributed by atoms with E-state index in [0.29, 0.717) is 6.61 Å². The molecule has 21 heavy (non-hydrogen) atoms. The Morgan fingerprint density at radius 3 is 2.57 bits per heavy atom. The van der Waals surface area contributed by atoms with Crippen LogP contribution in [0.1, 0.15) is 30.9 Å². The van der Waals surface area contributed by atoms with Gasteiger partial charge in [0.05, 0.1) is 5.56 Å². The van der Waals surface area contributed by atoms with Gasteiger partial charge in [0.1, 0.15) is 6.61 Å². The average Bonchev–Trinajstić information content (AvgIpc) is 3.26. The van der Waals surface area contributed by atoms with Gasteiger partial charge >= 0.3 is 6.18 Å². The summed E-state index contributed by atoms with van der Waals surface area (Å²) in [6, 6.07) is 5.43. The molecule has 0 unspecified atom stereocenters. The Hall–Kier alpha value is -1.56. The second-order valence-corrected chi connectivity index (χ2v) is 5.04. The first kappa shape index (κ1) is 15.8. The van der Waals surface area contributed by atoms with Crippen molar-refractivity contribution in [3.8, 4) is 0 Å².